The molecule has 4 nitrogen and oxygen atoms in total. The molecule has 29 heavy (non-hydrogen) atoms. The molecular weight excluding hydrogens is 364 g/mol. The molecule has 1 aromatic rings. The number of aliphatic carboxylic acids is 1. The molecule has 0 spiro atoms. The van der Waals surface area contributed by atoms with Crippen LogP contribution in [-0.2, 0) is 16.1 Å². The van der Waals surface area contributed by atoms with E-state index in [1.807, 2.05) is 30.3 Å². The minimum atomic E-state index is -0.762. The summed E-state index contributed by atoms with van der Waals surface area (Å²) in [5.74, 6) is -0.762. The summed E-state index contributed by atoms with van der Waals surface area (Å²) in [6.45, 7) is 2.78. The maximum absolute atomic E-state index is 10.8. The van der Waals surface area contributed by atoms with Crippen LogP contribution in [-0.4, -0.2) is 28.4 Å². The number of benzene rings is 1. The Bertz CT molecular complexity index is 503. The van der Waals surface area contributed by atoms with Crippen LogP contribution in [0.4, 0.5) is 0 Å². The van der Waals surface area contributed by atoms with Gasteiger partial charge in [0, 0.05) is 6.42 Å². The van der Waals surface area contributed by atoms with Gasteiger partial charge in [-0.05, 0) is 37.7 Å². The lowest BCUT2D eigenvalue weighted by molar-refractivity contribution is -0.137. The fraction of sp³-hybridized carbons (Fsp3) is 0.720. The third-order valence-corrected chi connectivity index (χ3v) is 5.46. The Morgan fingerprint density at radius 1 is 0.862 bits per heavy atom. The zero-order valence-corrected chi connectivity index (χ0v) is 18.4. The molecule has 0 radical (unpaired) electrons. The number of rotatable bonds is 19. The van der Waals surface area contributed by atoms with Gasteiger partial charge in [-0.2, -0.15) is 0 Å². The summed E-state index contributed by atoms with van der Waals surface area (Å²) in [5.41, 5.74) is 1.12. The van der Waals surface area contributed by atoms with Gasteiger partial charge in [-0.15, -0.1) is 0 Å². The van der Waals surface area contributed by atoms with Crippen LogP contribution in [0.3, 0.4) is 0 Å². The normalized spacial score (nSPS) is 13.3. The number of hydrogen-bond acceptors (Lipinski definition) is 3. The van der Waals surface area contributed by atoms with Crippen molar-refractivity contribution in [1.29, 1.82) is 0 Å². The molecule has 0 aliphatic heterocycles. The van der Waals surface area contributed by atoms with Gasteiger partial charge in [0.15, 0.2) is 0 Å². The number of aliphatic hydroxyl groups is 1. The van der Waals surface area contributed by atoms with E-state index < -0.39 is 5.97 Å². The van der Waals surface area contributed by atoms with Crippen LogP contribution >= 0.6 is 0 Å². The lowest BCUT2D eigenvalue weighted by atomic mass is 10.0. The molecule has 2 atom stereocenters. The van der Waals surface area contributed by atoms with Crippen molar-refractivity contribution in [3.05, 3.63) is 35.9 Å². The molecule has 0 amide bonds. The number of carboxylic acid groups (broad SMARTS) is 1. The Labute approximate surface area is 177 Å². The van der Waals surface area contributed by atoms with E-state index in [4.69, 9.17) is 9.84 Å². The molecule has 0 aliphatic carbocycles. The molecule has 1 rings (SSSR count). The van der Waals surface area contributed by atoms with Crippen molar-refractivity contribution in [2.24, 2.45) is 0 Å². The summed E-state index contributed by atoms with van der Waals surface area (Å²) >= 11 is 0. The van der Waals surface area contributed by atoms with Crippen LogP contribution in [0.2, 0.25) is 0 Å². The summed E-state index contributed by atoms with van der Waals surface area (Å²) < 4.78 is 6.05. The predicted octanol–water partition coefficient (Wildman–Crippen LogP) is 6.50. The number of aliphatic hydroxyl groups excluding tert-OH is 1. The molecule has 4 heteroatoms. The Morgan fingerprint density at radius 2 is 1.52 bits per heavy atom. The highest BCUT2D eigenvalue weighted by Crippen LogP contribution is 2.18. The van der Waals surface area contributed by atoms with Crippen molar-refractivity contribution in [2.75, 3.05) is 0 Å². The summed E-state index contributed by atoms with van der Waals surface area (Å²) in [4.78, 5) is 10.8. The van der Waals surface area contributed by atoms with Crippen molar-refractivity contribution in [3.8, 4) is 0 Å². The second-order valence-electron chi connectivity index (χ2n) is 8.20. The van der Waals surface area contributed by atoms with Gasteiger partial charge in [0.25, 0.3) is 0 Å². The Kier molecular flexibility index (Phi) is 15.4. The first-order valence-electron chi connectivity index (χ1n) is 11.7. The van der Waals surface area contributed by atoms with Gasteiger partial charge in [0.2, 0.25) is 0 Å². The summed E-state index contributed by atoms with van der Waals surface area (Å²) in [5, 5.41) is 19.2. The van der Waals surface area contributed by atoms with Gasteiger partial charge >= 0.3 is 5.97 Å². The zero-order valence-electron chi connectivity index (χ0n) is 18.4. The van der Waals surface area contributed by atoms with E-state index in [2.05, 4.69) is 6.92 Å². The van der Waals surface area contributed by atoms with E-state index in [0.717, 1.165) is 37.7 Å². The van der Waals surface area contributed by atoms with Crippen molar-refractivity contribution in [2.45, 2.75) is 116 Å². The summed E-state index contributed by atoms with van der Waals surface area (Å²) in [7, 11) is 0. The zero-order chi connectivity index (χ0) is 21.2. The van der Waals surface area contributed by atoms with E-state index in [1.165, 1.54) is 44.9 Å². The molecule has 0 aliphatic rings. The Morgan fingerprint density at radius 3 is 2.17 bits per heavy atom. The maximum Gasteiger partial charge on any atom is 0.303 e. The minimum Gasteiger partial charge on any atom is -0.481 e. The van der Waals surface area contributed by atoms with E-state index in [-0.39, 0.29) is 18.6 Å². The molecule has 166 valence electrons. The highest BCUT2D eigenvalue weighted by molar-refractivity contribution is 5.66. The Balaban J connectivity index is 2.21. The molecule has 0 heterocycles. The van der Waals surface area contributed by atoms with Crippen LogP contribution < -0.4 is 0 Å². The van der Waals surface area contributed by atoms with Crippen LogP contribution in [0.15, 0.2) is 30.3 Å². The lowest BCUT2D eigenvalue weighted by Gasteiger charge is -2.20. The molecule has 0 saturated carbocycles. The van der Waals surface area contributed by atoms with Gasteiger partial charge in [-0.3, -0.25) is 4.79 Å². The van der Waals surface area contributed by atoms with E-state index in [1.54, 1.807) is 0 Å². The molecule has 2 unspecified atom stereocenters. The van der Waals surface area contributed by atoms with Gasteiger partial charge in [0.1, 0.15) is 0 Å². The van der Waals surface area contributed by atoms with Gasteiger partial charge in [0.05, 0.1) is 18.8 Å². The van der Waals surface area contributed by atoms with E-state index >= 15 is 0 Å². The van der Waals surface area contributed by atoms with Crippen LogP contribution in [0, 0.1) is 0 Å². The summed E-state index contributed by atoms with van der Waals surface area (Å²) in [6, 6.07) is 10.0. The first-order valence-corrected chi connectivity index (χ1v) is 11.7. The van der Waals surface area contributed by atoms with Gasteiger partial charge in [-0.1, -0.05) is 88.6 Å². The van der Waals surface area contributed by atoms with Crippen molar-refractivity contribution in [1.82, 2.24) is 0 Å². The number of ether oxygens (including phenoxy) is 1. The predicted molar refractivity (Wildman–Crippen MR) is 119 cm³/mol. The quantitative estimate of drug-likeness (QED) is 0.257. The van der Waals surface area contributed by atoms with Gasteiger partial charge < -0.3 is 14.9 Å². The van der Waals surface area contributed by atoms with Crippen molar-refractivity contribution in [3.63, 3.8) is 0 Å². The summed E-state index contributed by atoms with van der Waals surface area (Å²) in [6.07, 6.45) is 13.8. The molecule has 0 aromatic heterocycles. The second-order valence-corrected chi connectivity index (χ2v) is 8.20. The monoisotopic (exact) mass is 406 g/mol. The second kappa shape index (κ2) is 17.5. The number of carbonyl (C=O) groups is 1. The minimum absolute atomic E-state index is 0.00257. The first-order chi connectivity index (χ1) is 14.1. The fourth-order valence-corrected chi connectivity index (χ4v) is 3.62. The average molecular weight is 407 g/mol. The first kappa shape index (κ1) is 25.6. The van der Waals surface area contributed by atoms with Crippen LogP contribution in [0.1, 0.15) is 102 Å². The van der Waals surface area contributed by atoms with Crippen LogP contribution in [0.25, 0.3) is 0 Å². The van der Waals surface area contributed by atoms with E-state index in [0.29, 0.717) is 13.0 Å². The number of unbranched alkanes of at least 4 members (excludes halogenated alkanes) is 7. The third-order valence-electron chi connectivity index (χ3n) is 5.46. The SMILES string of the molecule is CCCCCCCCCCC(O)CCC(CCCC(=O)O)OCc1ccccc1. The smallest absolute Gasteiger partial charge is 0.303 e. The van der Waals surface area contributed by atoms with Gasteiger partial charge in [-0.25, -0.2) is 0 Å². The number of carboxylic acids is 1. The fourth-order valence-electron chi connectivity index (χ4n) is 3.62. The average Bonchev–Trinajstić information content (AvgIpc) is 2.72. The molecule has 2 N–H and O–H groups in total. The Hall–Kier alpha value is -1.39. The lowest BCUT2D eigenvalue weighted by Crippen LogP contribution is -2.17. The molecule has 0 saturated heterocycles. The maximum atomic E-state index is 10.8. The molecule has 1 aromatic carbocycles. The largest absolute Gasteiger partial charge is 0.481 e. The highest BCUT2D eigenvalue weighted by atomic mass is 16.5. The van der Waals surface area contributed by atoms with Crippen LogP contribution in [0.5, 0.6) is 0 Å². The topological polar surface area (TPSA) is 66.8 Å². The number of hydrogen-bond donors (Lipinski definition) is 2. The molecule has 0 bridgehead atoms. The molecular formula is C25H42O4. The standard InChI is InChI=1S/C25H42O4/c1-2-3-4-5-6-7-8-12-16-23(26)19-20-24(17-13-18-25(27)28)29-21-22-14-10-9-11-15-22/h9-11,14-15,23-24,26H,2-8,12-13,16-21H2,1H3,(H,27,28). The van der Waals surface area contributed by atoms with Crippen molar-refractivity contribution >= 4 is 5.97 Å². The third kappa shape index (κ3) is 15.2. The van der Waals surface area contributed by atoms with E-state index in [9.17, 15) is 9.90 Å². The molecule has 0 fully saturated rings. The van der Waals surface area contributed by atoms with Crippen molar-refractivity contribution < 1.29 is 19.7 Å². The highest BCUT2D eigenvalue weighted by Gasteiger charge is 2.14.